The first kappa shape index (κ1) is 16.7. The fraction of sp³-hybridized carbons (Fsp3) is 0.381. The largest absolute Gasteiger partial charge is 0.346 e. The molecule has 0 aliphatic carbocycles. The zero-order valence-corrected chi connectivity index (χ0v) is 14.8. The maximum atomic E-state index is 12.0. The second kappa shape index (κ2) is 6.78. The Hall–Kier alpha value is -2.13. The first-order chi connectivity index (χ1) is 11.5. The van der Waals surface area contributed by atoms with Crippen LogP contribution < -0.4 is 10.2 Å². The highest BCUT2D eigenvalue weighted by atomic mass is 16.1. The maximum absolute atomic E-state index is 12.0. The number of piperidine rings is 1. The van der Waals surface area contributed by atoms with Gasteiger partial charge in [0.15, 0.2) is 0 Å². The Balaban J connectivity index is 2.07. The number of benzene rings is 2. The summed E-state index contributed by atoms with van der Waals surface area (Å²) < 4.78 is 0. The van der Waals surface area contributed by atoms with Crippen molar-refractivity contribution in [2.24, 2.45) is 5.92 Å². The number of carbonyl (C=O) groups excluding carboxylic acids is 1. The number of quaternary nitrogens is 1. The van der Waals surface area contributed by atoms with E-state index >= 15 is 0 Å². The lowest BCUT2D eigenvalue weighted by Crippen LogP contribution is -3.12. The topological polar surface area (TPSA) is 33.5 Å². The van der Waals surface area contributed by atoms with Crippen LogP contribution in [-0.4, -0.2) is 19.5 Å². The zero-order chi connectivity index (χ0) is 17.2. The molecular weight excluding hydrogens is 296 g/mol. The quantitative estimate of drug-likeness (QED) is 0.893. The molecule has 3 rings (SSSR count). The van der Waals surface area contributed by atoms with Crippen LogP contribution >= 0.6 is 0 Å². The van der Waals surface area contributed by atoms with Crippen LogP contribution in [-0.2, 0) is 10.3 Å². The Labute approximate surface area is 144 Å². The second-order valence-corrected chi connectivity index (χ2v) is 7.04. The number of carbonyl (C=O) groups is 1. The fourth-order valence-corrected chi connectivity index (χ4v) is 4.43. The van der Waals surface area contributed by atoms with Crippen LogP contribution in [0.3, 0.4) is 0 Å². The molecule has 0 radical (unpaired) electrons. The van der Waals surface area contributed by atoms with Gasteiger partial charge in [0.1, 0.15) is 6.04 Å². The third kappa shape index (κ3) is 2.96. The van der Waals surface area contributed by atoms with Crippen LogP contribution in [0, 0.1) is 5.92 Å². The molecule has 1 heterocycles. The Bertz CT molecular complexity index is 685. The van der Waals surface area contributed by atoms with Crippen molar-refractivity contribution in [2.75, 3.05) is 13.6 Å². The van der Waals surface area contributed by atoms with Gasteiger partial charge in [-0.15, -0.1) is 0 Å². The first-order valence-corrected chi connectivity index (χ1v) is 8.76. The summed E-state index contributed by atoms with van der Waals surface area (Å²) in [5, 5.41) is 3.33. The number of hydrogen-bond acceptors (Lipinski definition) is 1. The molecule has 3 nitrogen and oxygen atoms in total. The van der Waals surface area contributed by atoms with E-state index in [2.05, 4.69) is 73.9 Å². The molecule has 0 saturated carbocycles. The molecule has 3 heteroatoms. The van der Waals surface area contributed by atoms with E-state index < -0.39 is 0 Å². The van der Waals surface area contributed by atoms with Crippen molar-refractivity contribution in [3.63, 3.8) is 0 Å². The molecule has 2 aromatic carbocycles. The highest BCUT2D eigenvalue weighted by molar-refractivity contribution is 5.74. The molecule has 126 valence electrons. The molecule has 0 spiro atoms. The lowest BCUT2D eigenvalue weighted by molar-refractivity contribution is -0.924. The van der Waals surface area contributed by atoms with Gasteiger partial charge in [-0.25, -0.2) is 0 Å². The minimum absolute atomic E-state index is 0.0390. The van der Waals surface area contributed by atoms with E-state index in [9.17, 15) is 4.79 Å². The monoisotopic (exact) mass is 323 g/mol. The summed E-state index contributed by atoms with van der Waals surface area (Å²) >= 11 is 0. The molecule has 0 aromatic heterocycles. The van der Waals surface area contributed by atoms with Gasteiger partial charge in [0, 0.05) is 24.8 Å². The van der Waals surface area contributed by atoms with Crippen LogP contribution in [0.5, 0.6) is 0 Å². The zero-order valence-electron chi connectivity index (χ0n) is 14.8. The Kier molecular flexibility index (Phi) is 4.72. The summed E-state index contributed by atoms with van der Waals surface area (Å²) in [5.41, 5.74) is 2.24. The van der Waals surface area contributed by atoms with Gasteiger partial charge in [-0.2, -0.15) is 0 Å². The summed E-state index contributed by atoms with van der Waals surface area (Å²) in [7, 11) is 2.26. The molecule has 2 aromatic rings. The normalized spacial score (nSPS) is 29.9. The molecule has 1 saturated heterocycles. The standard InChI is InChI=1S/C21H26N2O/c1-16-20(18-10-6-4-7-11-18)23(3)15-14-21(16,22-17(2)24)19-12-8-5-9-13-19/h4-13,16,20H,14-15H2,1-3H3,(H,22,24)/p+1/t16-,20-,21-/m1/s1. The summed E-state index contributed by atoms with van der Waals surface area (Å²) in [6.45, 7) is 4.93. The van der Waals surface area contributed by atoms with E-state index in [1.165, 1.54) is 16.0 Å². The van der Waals surface area contributed by atoms with Crippen molar-refractivity contribution in [1.82, 2.24) is 5.32 Å². The summed E-state index contributed by atoms with van der Waals surface area (Å²) in [6.07, 6.45) is 0.951. The number of rotatable bonds is 3. The molecule has 24 heavy (non-hydrogen) atoms. The Morgan fingerprint density at radius 3 is 2.25 bits per heavy atom. The molecule has 1 aliphatic heterocycles. The van der Waals surface area contributed by atoms with E-state index in [1.54, 1.807) is 6.92 Å². The molecule has 4 atom stereocenters. The number of hydrogen-bond donors (Lipinski definition) is 2. The van der Waals surface area contributed by atoms with E-state index in [0.717, 1.165) is 13.0 Å². The van der Waals surface area contributed by atoms with Gasteiger partial charge in [-0.1, -0.05) is 67.6 Å². The average Bonchev–Trinajstić information content (AvgIpc) is 2.59. The molecule has 1 amide bonds. The highest BCUT2D eigenvalue weighted by Gasteiger charge is 2.49. The van der Waals surface area contributed by atoms with Crippen molar-refractivity contribution in [3.05, 3.63) is 71.8 Å². The van der Waals surface area contributed by atoms with Gasteiger partial charge in [0.05, 0.1) is 19.1 Å². The van der Waals surface area contributed by atoms with Crippen LogP contribution in [0.4, 0.5) is 0 Å². The van der Waals surface area contributed by atoms with Gasteiger partial charge in [-0.3, -0.25) is 4.79 Å². The van der Waals surface area contributed by atoms with Gasteiger partial charge in [0.2, 0.25) is 5.91 Å². The molecular formula is C21H27N2O+. The first-order valence-electron chi connectivity index (χ1n) is 8.76. The Morgan fingerprint density at radius 2 is 1.67 bits per heavy atom. The predicted molar refractivity (Wildman–Crippen MR) is 96.7 cm³/mol. The van der Waals surface area contributed by atoms with E-state index in [0.29, 0.717) is 12.0 Å². The van der Waals surface area contributed by atoms with E-state index in [-0.39, 0.29) is 11.4 Å². The average molecular weight is 323 g/mol. The minimum atomic E-state index is -0.312. The highest BCUT2D eigenvalue weighted by Crippen LogP contribution is 2.41. The maximum Gasteiger partial charge on any atom is 0.217 e. The van der Waals surface area contributed by atoms with Crippen molar-refractivity contribution in [2.45, 2.75) is 31.8 Å². The summed E-state index contributed by atoms with van der Waals surface area (Å²) in [5.74, 6) is 0.331. The molecule has 1 aliphatic rings. The number of nitrogens with one attached hydrogen (secondary N) is 2. The van der Waals surface area contributed by atoms with Crippen molar-refractivity contribution in [3.8, 4) is 0 Å². The molecule has 0 bridgehead atoms. The fourth-order valence-electron chi connectivity index (χ4n) is 4.43. The van der Waals surface area contributed by atoms with E-state index in [4.69, 9.17) is 0 Å². The number of amides is 1. The van der Waals surface area contributed by atoms with Crippen molar-refractivity contribution < 1.29 is 9.69 Å². The second-order valence-electron chi connectivity index (χ2n) is 7.04. The third-order valence-electron chi connectivity index (χ3n) is 5.57. The predicted octanol–water partition coefficient (Wildman–Crippen LogP) is 2.31. The lowest BCUT2D eigenvalue weighted by Gasteiger charge is -2.49. The van der Waals surface area contributed by atoms with Crippen LogP contribution in [0.1, 0.15) is 37.4 Å². The van der Waals surface area contributed by atoms with Crippen molar-refractivity contribution in [1.29, 1.82) is 0 Å². The van der Waals surface area contributed by atoms with Gasteiger partial charge in [-0.05, 0) is 5.56 Å². The summed E-state index contributed by atoms with van der Waals surface area (Å²) in [6, 6.07) is 21.5. The lowest BCUT2D eigenvalue weighted by atomic mass is 9.68. The van der Waals surface area contributed by atoms with Crippen LogP contribution in [0.25, 0.3) is 0 Å². The van der Waals surface area contributed by atoms with Crippen LogP contribution in [0.2, 0.25) is 0 Å². The molecule has 2 N–H and O–H groups in total. The molecule has 1 unspecified atom stereocenters. The number of likely N-dealkylation sites (tertiary alicyclic amines) is 1. The minimum Gasteiger partial charge on any atom is -0.346 e. The molecule has 1 fully saturated rings. The summed E-state index contributed by atoms with van der Waals surface area (Å²) in [4.78, 5) is 13.5. The van der Waals surface area contributed by atoms with E-state index in [1.807, 2.05) is 6.07 Å². The van der Waals surface area contributed by atoms with Gasteiger partial charge < -0.3 is 10.2 Å². The SMILES string of the molecule is CC(=O)N[C@]1(c2ccccc2)CC[NH+](C)[C@@H](c2ccccc2)[C@H]1C. The van der Waals surface area contributed by atoms with Crippen LogP contribution in [0.15, 0.2) is 60.7 Å². The smallest absolute Gasteiger partial charge is 0.217 e. The van der Waals surface area contributed by atoms with Gasteiger partial charge >= 0.3 is 0 Å². The van der Waals surface area contributed by atoms with Crippen molar-refractivity contribution >= 4 is 5.91 Å². The van der Waals surface area contributed by atoms with Gasteiger partial charge in [0.25, 0.3) is 0 Å². The Morgan fingerprint density at radius 1 is 1.08 bits per heavy atom. The third-order valence-corrected chi connectivity index (χ3v) is 5.57.